The molecule has 1 aliphatic rings. The van der Waals surface area contributed by atoms with E-state index in [9.17, 15) is 18.4 Å². The summed E-state index contributed by atoms with van der Waals surface area (Å²) in [7, 11) is -2.48. The van der Waals surface area contributed by atoms with Gasteiger partial charge in [0.1, 0.15) is 18.1 Å². The average molecular weight is 509 g/mol. The number of piperidine rings is 1. The fraction of sp³-hybridized carbons (Fsp3) is 0.375. The fourth-order valence-corrected chi connectivity index (χ4v) is 5.87. The van der Waals surface area contributed by atoms with Crippen LogP contribution in [0.25, 0.3) is 0 Å². The second kappa shape index (κ2) is 12.1. The van der Waals surface area contributed by atoms with Gasteiger partial charge in [0.25, 0.3) is 5.91 Å². The summed E-state index contributed by atoms with van der Waals surface area (Å²) >= 11 is 0. The van der Waals surface area contributed by atoms with E-state index in [2.05, 4.69) is 16.7 Å². The smallest absolute Gasteiger partial charge is 0.265 e. The molecule has 3 rings (SSSR count). The monoisotopic (exact) mass is 508 g/mol. The molecule has 0 saturated carbocycles. The van der Waals surface area contributed by atoms with Crippen LogP contribution in [0.4, 0.5) is 0 Å². The number of benzene rings is 2. The summed E-state index contributed by atoms with van der Waals surface area (Å²) in [5.41, 5.74) is 2.64. The van der Waals surface area contributed by atoms with Gasteiger partial charge in [0.2, 0.25) is 0 Å². The third-order valence-corrected chi connectivity index (χ3v) is 8.40. The lowest BCUT2D eigenvalue weighted by molar-refractivity contribution is -0.133. The van der Waals surface area contributed by atoms with Crippen molar-refractivity contribution in [1.29, 1.82) is 0 Å². The molecule has 1 amide bonds. The third kappa shape index (κ3) is 5.83. The molecule has 0 aliphatic carbocycles. The van der Waals surface area contributed by atoms with E-state index in [1.807, 2.05) is 24.3 Å². The van der Waals surface area contributed by atoms with Gasteiger partial charge in [-0.15, -0.1) is 18.3 Å². The van der Waals surface area contributed by atoms with Gasteiger partial charge in [-0.05, 0) is 61.7 Å². The molecule has 0 radical (unpaired) electrons. The number of carbonyl (C=O) groups is 1. The Morgan fingerprint density at radius 2 is 1.68 bits per heavy atom. The summed E-state index contributed by atoms with van der Waals surface area (Å²) in [6, 6.07) is 13.5. The van der Waals surface area contributed by atoms with Crippen molar-refractivity contribution in [2.45, 2.75) is 36.0 Å². The number of ether oxygens (including phenoxy) is 2. The number of nitrogens with zero attached hydrogens (tertiary/aromatic N) is 1. The zero-order valence-corrected chi connectivity index (χ0v) is 20.7. The van der Waals surface area contributed by atoms with Crippen LogP contribution >= 0.6 is 12.4 Å². The van der Waals surface area contributed by atoms with Crippen LogP contribution in [0, 0.1) is 11.8 Å². The molecule has 8 nitrogen and oxygen atoms in total. The van der Waals surface area contributed by atoms with Gasteiger partial charge >= 0.3 is 0 Å². The van der Waals surface area contributed by atoms with Gasteiger partial charge in [-0.25, -0.2) is 13.9 Å². The first-order chi connectivity index (χ1) is 15.9. The number of nitrogens with one attached hydrogen (secondary N) is 1. The lowest BCUT2D eigenvalue weighted by Gasteiger charge is -2.39. The number of rotatable bonds is 8. The summed E-state index contributed by atoms with van der Waals surface area (Å²) in [5, 5.41) is 9.36. The Labute approximate surface area is 206 Å². The van der Waals surface area contributed by atoms with E-state index in [0.717, 1.165) is 11.3 Å². The molecule has 1 aliphatic heterocycles. The zero-order chi connectivity index (χ0) is 23.9. The predicted octanol–water partition coefficient (Wildman–Crippen LogP) is 2.83. The highest BCUT2D eigenvalue weighted by Crippen LogP contribution is 2.37. The van der Waals surface area contributed by atoms with Crippen LogP contribution < -0.4 is 15.0 Å². The van der Waals surface area contributed by atoms with Gasteiger partial charge in [0.15, 0.2) is 14.6 Å². The minimum absolute atomic E-state index is 0. The van der Waals surface area contributed by atoms with Gasteiger partial charge in [0, 0.05) is 19.6 Å². The molecule has 0 bridgehead atoms. The first-order valence-electron chi connectivity index (χ1n) is 10.5. The van der Waals surface area contributed by atoms with Gasteiger partial charge in [-0.1, -0.05) is 18.1 Å². The van der Waals surface area contributed by atoms with Crippen molar-refractivity contribution >= 4 is 28.2 Å². The molecule has 2 aromatic carbocycles. The quantitative estimate of drug-likeness (QED) is 0.321. The molecular weight excluding hydrogens is 480 g/mol. The second-order valence-electron chi connectivity index (χ2n) is 7.75. The molecule has 2 N–H and O–H groups in total. The maximum absolute atomic E-state index is 13.5. The number of methoxy groups -OCH3 is 1. The van der Waals surface area contributed by atoms with Crippen LogP contribution in [0.1, 0.15) is 25.3 Å². The van der Waals surface area contributed by atoms with E-state index < -0.39 is 20.5 Å². The van der Waals surface area contributed by atoms with Crippen molar-refractivity contribution in [2.24, 2.45) is 0 Å². The maximum atomic E-state index is 13.5. The van der Waals surface area contributed by atoms with Crippen LogP contribution in [0.15, 0.2) is 53.4 Å². The molecule has 184 valence electrons. The molecule has 1 fully saturated rings. The van der Waals surface area contributed by atoms with Crippen LogP contribution in [0.3, 0.4) is 0 Å². The van der Waals surface area contributed by atoms with E-state index in [0.29, 0.717) is 25.4 Å². The van der Waals surface area contributed by atoms with Crippen LogP contribution in [0.2, 0.25) is 0 Å². The van der Waals surface area contributed by atoms with E-state index in [-0.39, 0.29) is 36.8 Å². The molecule has 1 saturated heterocycles. The predicted molar refractivity (Wildman–Crippen MR) is 130 cm³/mol. The number of hydroxylamine groups is 1. The van der Waals surface area contributed by atoms with Crippen molar-refractivity contribution in [3.8, 4) is 23.3 Å². The molecule has 2 aromatic rings. The lowest BCUT2D eigenvalue weighted by Crippen LogP contribution is -2.57. The van der Waals surface area contributed by atoms with Crippen molar-refractivity contribution in [1.82, 2.24) is 10.4 Å². The number of hydrogen-bond acceptors (Lipinski definition) is 7. The summed E-state index contributed by atoms with van der Waals surface area (Å²) in [6.07, 6.45) is 0.116. The Bertz CT molecular complexity index is 1120. The Morgan fingerprint density at radius 1 is 1.09 bits per heavy atom. The van der Waals surface area contributed by atoms with Crippen molar-refractivity contribution in [2.75, 3.05) is 26.8 Å². The number of likely N-dealkylation sites (tertiary alicyclic amines) is 1. The van der Waals surface area contributed by atoms with Crippen molar-refractivity contribution in [3.05, 3.63) is 54.1 Å². The van der Waals surface area contributed by atoms with Gasteiger partial charge in [-0.2, -0.15) is 0 Å². The first kappa shape index (κ1) is 27.5. The SMILES string of the molecule is CC#CCOc1ccc(S(=O)(=O)C2(C(=O)NO)CCN(Cc3ccc(OC)cc3)CC2)cc1.Cl. The summed E-state index contributed by atoms with van der Waals surface area (Å²) in [5.74, 6) is 5.81. The van der Waals surface area contributed by atoms with E-state index in [1.165, 1.54) is 24.3 Å². The minimum atomic E-state index is -4.08. The van der Waals surface area contributed by atoms with Gasteiger partial charge in [0.05, 0.1) is 12.0 Å². The standard InChI is InChI=1S/C24H28N2O6S.ClH/c1-3-4-17-32-21-9-11-22(12-10-21)33(29,30)24(23(27)25-28)13-15-26(16-14-24)18-19-5-7-20(31-2)8-6-19;/h5-12,28H,13-18H2,1-2H3,(H,25,27);1H. The van der Waals surface area contributed by atoms with Crippen LogP contribution in [-0.4, -0.2) is 56.0 Å². The van der Waals surface area contributed by atoms with Crippen LogP contribution in [0.5, 0.6) is 11.5 Å². The van der Waals surface area contributed by atoms with Crippen molar-refractivity contribution in [3.63, 3.8) is 0 Å². The van der Waals surface area contributed by atoms with Gasteiger partial charge in [-0.3, -0.25) is 14.9 Å². The largest absolute Gasteiger partial charge is 0.497 e. The number of sulfone groups is 1. The summed E-state index contributed by atoms with van der Waals surface area (Å²) in [4.78, 5) is 14.8. The first-order valence-corrected chi connectivity index (χ1v) is 12.0. The van der Waals surface area contributed by atoms with Crippen molar-refractivity contribution < 1.29 is 27.9 Å². The Morgan fingerprint density at radius 3 is 2.21 bits per heavy atom. The summed E-state index contributed by atoms with van der Waals surface area (Å²) < 4.78 is 36.0. The molecule has 0 spiro atoms. The van der Waals surface area contributed by atoms with Gasteiger partial charge < -0.3 is 9.47 Å². The maximum Gasteiger partial charge on any atom is 0.265 e. The number of halogens is 1. The highest BCUT2D eigenvalue weighted by atomic mass is 35.5. The van der Waals surface area contributed by atoms with E-state index in [4.69, 9.17) is 9.47 Å². The third-order valence-electron chi connectivity index (χ3n) is 5.88. The Balaban J connectivity index is 0.00000408. The number of amides is 1. The normalized spacial score (nSPS) is 15.3. The lowest BCUT2D eigenvalue weighted by atomic mass is 9.94. The molecule has 0 atom stereocenters. The fourth-order valence-electron chi connectivity index (χ4n) is 3.91. The second-order valence-corrected chi connectivity index (χ2v) is 10.0. The summed E-state index contributed by atoms with van der Waals surface area (Å²) in [6.45, 7) is 3.29. The molecule has 34 heavy (non-hydrogen) atoms. The Hall–Kier alpha value is -2.77. The Kier molecular flexibility index (Phi) is 9.77. The zero-order valence-electron chi connectivity index (χ0n) is 19.1. The highest BCUT2D eigenvalue weighted by Gasteiger charge is 2.52. The molecular formula is C24H29ClN2O6S. The molecule has 1 heterocycles. The van der Waals surface area contributed by atoms with Crippen LogP contribution in [-0.2, 0) is 21.2 Å². The number of carbonyl (C=O) groups excluding carboxylic acids is 1. The van der Waals surface area contributed by atoms with E-state index in [1.54, 1.807) is 19.5 Å². The minimum Gasteiger partial charge on any atom is -0.497 e. The molecule has 0 unspecified atom stereocenters. The van der Waals surface area contributed by atoms with E-state index >= 15 is 0 Å². The molecule has 10 heteroatoms. The average Bonchev–Trinajstić information content (AvgIpc) is 2.85. The molecule has 0 aromatic heterocycles. The topological polar surface area (TPSA) is 105 Å². The number of hydrogen-bond donors (Lipinski definition) is 2. The highest BCUT2D eigenvalue weighted by molar-refractivity contribution is 7.93.